The first-order valence-electron chi connectivity index (χ1n) is 11.3. The number of aromatic nitrogens is 3. The van der Waals surface area contributed by atoms with Crippen molar-refractivity contribution in [1.29, 1.82) is 5.26 Å². The molecule has 0 bridgehead atoms. The van der Waals surface area contributed by atoms with Crippen LogP contribution in [0.5, 0.6) is 0 Å². The van der Waals surface area contributed by atoms with Crippen molar-refractivity contribution in [3.63, 3.8) is 0 Å². The third kappa shape index (κ3) is 3.92. The summed E-state index contributed by atoms with van der Waals surface area (Å²) in [6.07, 6.45) is 6.93. The van der Waals surface area contributed by atoms with E-state index in [0.717, 1.165) is 32.1 Å². The molecule has 9 nitrogen and oxygen atoms in total. The number of benzene rings is 1. The highest BCUT2D eigenvalue weighted by Gasteiger charge is 2.31. The summed E-state index contributed by atoms with van der Waals surface area (Å²) >= 11 is 0. The van der Waals surface area contributed by atoms with Gasteiger partial charge in [-0.3, -0.25) is 9.48 Å². The number of anilines is 2. The largest absolute Gasteiger partial charge is 0.338 e. The summed E-state index contributed by atoms with van der Waals surface area (Å²) in [6.45, 7) is 1.11. The molecule has 33 heavy (non-hydrogen) atoms. The molecule has 1 atom stereocenters. The Morgan fingerprint density at radius 1 is 1.15 bits per heavy atom. The van der Waals surface area contributed by atoms with Gasteiger partial charge in [0, 0.05) is 25.0 Å². The fourth-order valence-electron chi connectivity index (χ4n) is 4.74. The molecule has 10 heteroatoms. The fraction of sp³-hybridized carbons (Fsp3) is 0.435. The molecule has 1 saturated heterocycles. The molecule has 2 N–H and O–H groups in total. The second-order valence-electron chi connectivity index (χ2n) is 8.74. The van der Waals surface area contributed by atoms with Crippen LogP contribution in [0.3, 0.4) is 0 Å². The van der Waals surface area contributed by atoms with Gasteiger partial charge in [-0.1, -0.05) is 6.42 Å². The average Bonchev–Trinajstić information content (AvgIpc) is 3.42. The van der Waals surface area contributed by atoms with Crippen LogP contribution in [-0.2, 0) is 10.0 Å². The summed E-state index contributed by atoms with van der Waals surface area (Å²) < 4.78 is 28.9. The number of sulfonamides is 1. The lowest BCUT2D eigenvalue weighted by molar-refractivity contribution is 0.203. The van der Waals surface area contributed by atoms with Crippen LogP contribution in [0.15, 0.2) is 46.2 Å². The van der Waals surface area contributed by atoms with Crippen molar-refractivity contribution in [3.8, 4) is 6.07 Å². The molecular formula is C23H26N6O3S. The number of H-pyrrole nitrogens is 1. The first kappa shape index (κ1) is 21.7. The van der Waals surface area contributed by atoms with E-state index >= 15 is 0 Å². The van der Waals surface area contributed by atoms with Crippen LogP contribution < -0.4 is 10.9 Å². The number of nitriles is 1. The molecule has 1 aromatic carbocycles. The van der Waals surface area contributed by atoms with Gasteiger partial charge in [-0.05, 0) is 61.9 Å². The van der Waals surface area contributed by atoms with Gasteiger partial charge in [0.2, 0.25) is 10.0 Å². The van der Waals surface area contributed by atoms with E-state index in [2.05, 4.69) is 16.4 Å². The summed E-state index contributed by atoms with van der Waals surface area (Å²) in [5.41, 5.74) is 1.05. The zero-order valence-electron chi connectivity index (χ0n) is 18.2. The maximum absolute atomic E-state index is 12.8. The van der Waals surface area contributed by atoms with E-state index in [1.165, 1.54) is 4.31 Å². The van der Waals surface area contributed by atoms with Crippen LogP contribution in [0, 0.1) is 17.2 Å². The molecule has 1 aliphatic heterocycles. The van der Waals surface area contributed by atoms with Crippen LogP contribution in [0.4, 0.5) is 11.5 Å². The Kier molecular flexibility index (Phi) is 5.68. The molecule has 0 spiro atoms. The van der Waals surface area contributed by atoms with Gasteiger partial charge in [-0.2, -0.15) is 14.7 Å². The van der Waals surface area contributed by atoms with E-state index in [1.807, 2.05) is 10.7 Å². The number of pyridine rings is 1. The molecule has 0 amide bonds. The van der Waals surface area contributed by atoms with E-state index in [9.17, 15) is 18.5 Å². The molecule has 5 rings (SSSR count). The summed E-state index contributed by atoms with van der Waals surface area (Å²) in [5, 5.41) is 17.7. The highest BCUT2D eigenvalue weighted by Crippen LogP contribution is 2.40. The molecule has 172 valence electrons. The van der Waals surface area contributed by atoms with Gasteiger partial charge >= 0.3 is 0 Å². The molecule has 3 heterocycles. The van der Waals surface area contributed by atoms with Crippen LogP contribution >= 0.6 is 0 Å². The lowest BCUT2D eigenvalue weighted by Crippen LogP contribution is -2.27. The van der Waals surface area contributed by atoms with Crippen LogP contribution in [-0.4, -0.2) is 40.6 Å². The Labute approximate surface area is 192 Å². The molecule has 2 aliphatic rings. The van der Waals surface area contributed by atoms with E-state index < -0.39 is 10.0 Å². The molecule has 0 radical (unpaired) electrons. The van der Waals surface area contributed by atoms with Gasteiger partial charge in [0.25, 0.3) is 5.56 Å². The summed E-state index contributed by atoms with van der Waals surface area (Å²) in [5.74, 6) is 0.763. The lowest BCUT2D eigenvalue weighted by atomic mass is 9.79. The molecule has 1 aliphatic carbocycles. The first-order chi connectivity index (χ1) is 16.0. The van der Waals surface area contributed by atoms with Gasteiger partial charge in [0.05, 0.1) is 28.9 Å². The van der Waals surface area contributed by atoms with Crippen molar-refractivity contribution in [1.82, 2.24) is 19.1 Å². The van der Waals surface area contributed by atoms with E-state index in [-0.39, 0.29) is 16.5 Å². The van der Waals surface area contributed by atoms with Crippen LogP contribution in [0.1, 0.15) is 44.6 Å². The molecule has 1 saturated carbocycles. The predicted molar refractivity (Wildman–Crippen MR) is 125 cm³/mol. The highest BCUT2D eigenvalue weighted by atomic mass is 32.2. The molecule has 3 aromatic rings. The minimum atomic E-state index is -3.49. The zero-order chi connectivity index (χ0) is 23.0. The van der Waals surface area contributed by atoms with Gasteiger partial charge in [-0.25, -0.2) is 8.42 Å². The summed E-state index contributed by atoms with van der Waals surface area (Å²) in [6, 6.07) is 10.5. The van der Waals surface area contributed by atoms with Crippen molar-refractivity contribution in [2.45, 2.75) is 49.5 Å². The zero-order valence-corrected chi connectivity index (χ0v) is 19.0. The Morgan fingerprint density at radius 2 is 1.88 bits per heavy atom. The van der Waals surface area contributed by atoms with Gasteiger partial charge in [0.1, 0.15) is 5.39 Å². The highest BCUT2D eigenvalue weighted by molar-refractivity contribution is 7.89. The average molecular weight is 467 g/mol. The van der Waals surface area contributed by atoms with Crippen molar-refractivity contribution < 1.29 is 8.42 Å². The third-order valence-corrected chi connectivity index (χ3v) is 8.67. The number of rotatable bonds is 7. The van der Waals surface area contributed by atoms with Crippen molar-refractivity contribution >= 4 is 32.4 Å². The van der Waals surface area contributed by atoms with Crippen molar-refractivity contribution in [3.05, 3.63) is 46.9 Å². The Balaban J connectivity index is 1.48. The maximum Gasteiger partial charge on any atom is 0.261 e. The molecular weight excluding hydrogens is 440 g/mol. The Morgan fingerprint density at radius 3 is 2.52 bits per heavy atom. The molecule has 0 unspecified atom stereocenters. The van der Waals surface area contributed by atoms with Crippen molar-refractivity contribution in [2.75, 3.05) is 18.4 Å². The monoisotopic (exact) mass is 466 g/mol. The SMILES string of the molecule is N#CC[C@@H](C1CCC1)n1nc(Nc2ccc(S(=O)(=O)N3CCCC3)cc2)c2c(=O)[nH]ccc21. The standard InChI is InChI=1S/C23H26N6O3S/c24-12-10-19(16-4-3-5-16)29-20-11-13-25-23(30)21(20)22(27-29)26-17-6-8-18(9-7-17)33(31,32)28-14-1-2-15-28/h6-9,11,13,16,19H,1-5,10,14-15H2,(H,25,30)(H,26,27)/t19-/m0/s1. The van der Waals surface area contributed by atoms with Crippen LogP contribution in [0.25, 0.3) is 10.9 Å². The smallest absolute Gasteiger partial charge is 0.261 e. The normalized spacial score (nSPS) is 18.2. The second-order valence-corrected chi connectivity index (χ2v) is 10.7. The molecule has 2 aromatic heterocycles. The van der Waals surface area contributed by atoms with E-state index in [1.54, 1.807) is 30.5 Å². The van der Waals surface area contributed by atoms with E-state index in [4.69, 9.17) is 5.10 Å². The predicted octanol–water partition coefficient (Wildman–Crippen LogP) is 3.51. The Hall–Kier alpha value is -3.16. The van der Waals surface area contributed by atoms with Gasteiger partial charge < -0.3 is 10.3 Å². The van der Waals surface area contributed by atoms with E-state index in [0.29, 0.717) is 47.8 Å². The number of nitrogens with one attached hydrogen (secondary N) is 2. The molecule has 2 fully saturated rings. The maximum atomic E-state index is 12.8. The Bertz CT molecular complexity index is 1360. The summed E-state index contributed by atoms with van der Waals surface area (Å²) in [4.78, 5) is 15.6. The topological polar surface area (TPSA) is 124 Å². The van der Waals surface area contributed by atoms with Crippen molar-refractivity contribution in [2.24, 2.45) is 5.92 Å². The third-order valence-electron chi connectivity index (χ3n) is 6.76. The summed E-state index contributed by atoms with van der Waals surface area (Å²) in [7, 11) is -3.49. The fourth-order valence-corrected chi connectivity index (χ4v) is 6.25. The quantitative estimate of drug-likeness (QED) is 0.549. The number of hydrogen-bond donors (Lipinski definition) is 2. The number of aromatic amines is 1. The first-order valence-corrected chi connectivity index (χ1v) is 12.8. The lowest BCUT2D eigenvalue weighted by Gasteiger charge is -2.32. The van der Waals surface area contributed by atoms with Gasteiger partial charge in [0.15, 0.2) is 5.82 Å². The second kappa shape index (κ2) is 8.65. The minimum Gasteiger partial charge on any atom is -0.338 e. The van der Waals surface area contributed by atoms with Crippen LogP contribution in [0.2, 0.25) is 0 Å². The van der Waals surface area contributed by atoms with Gasteiger partial charge in [-0.15, -0.1) is 0 Å². The minimum absolute atomic E-state index is 0.0865. The number of hydrogen-bond acceptors (Lipinski definition) is 6. The number of nitrogens with zero attached hydrogens (tertiary/aromatic N) is 4. The number of fused-ring (bicyclic) bond motifs is 1.